The number of amides is 1. The second-order valence-electron chi connectivity index (χ2n) is 6.19. The van der Waals surface area contributed by atoms with Crippen LogP contribution in [-0.4, -0.2) is 18.7 Å². The SMILES string of the molecule is C#CCOc1ccc(C=NNC(=O)c2cc3c(ccc4ccccc43)o2)cc1Br. The molecule has 0 aliphatic rings. The molecule has 1 N–H and O–H groups in total. The van der Waals surface area contributed by atoms with Crippen molar-refractivity contribution in [1.82, 2.24) is 5.43 Å². The Morgan fingerprint density at radius 2 is 2.03 bits per heavy atom. The molecule has 0 saturated heterocycles. The van der Waals surface area contributed by atoms with Crippen molar-refractivity contribution >= 4 is 49.8 Å². The van der Waals surface area contributed by atoms with Gasteiger partial charge in [0.15, 0.2) is 5.76 Å². The van der Waals surface area contributed by atoms with E-state index in [-0.39, 0.29) is 12.4 Å². The molecule has 1 amide bonds. The summed E-state index contributed by atoms with van der Waals surface area (Å²) in [6, 6.07) is 18.9. The zero-order valence-electron chi connectivity index (χ0n) is 15.2. The van der Waals surface area contributed by atoms with E-state index in [1.54, 1.807) is 18.2 Å². The molecule has 1 heterocycles. The van der Waals surface area contributed by atoms with Gasteiger partial charge in [0, 0.05) is 5.39 Å². The van der Waals surface area contributed by atoms with Gasteiger partial charge >= 0.3 is 5.91 Å². The van der Waals surface area contributed by atoms with E-state index < -0.39 is 5.91 Å². The predicted molar refractivity (Wildman–Crippen MR) is 117 cm³/mol. The lowest BCUT2D eigenvalue weighted by Gasteiger charge is -2.05. The number of hydrogen-bond donors (Lipinski definition) is 1. The molecule has 0 aliphatic carbocycles. The molecule has 0 saturated carbocycles. The fourth-order valence-corrected chi connectivity index (χ4v) is 3.47. The Balaban J connectivity index is 1.49. The summed E-state index contributed by atoms with van der Waals surface area (Å²) in [5.41, 5.74) is 3.92. The van der Waals surface area contributed by atoms with Gasteiger partial charge in [-0.2, -0.15) is 5.10 Å². The lowest BCUT2D eigenvalue weighted by Crippen LogP contribution is -2.16. The molecular weight excluding hydrogens is 432 g/mol. The van der Waals surface area contributed by atoms with Crippen LogP contribution >= 0.6 is 15.9 Å². The molecule has 0 radical (unpaired) electrons. The highest BCUT2D eigenvalue weighted by Gasteiger charge is 2.13. The van der Waals surface area contributed by atoms with Crippen LogP contribution < -0.4 is 10.2 Å². The highest BCUT2D eigenvalue weighted by Crippen LogP contribution is 2.28. The van der Waals surface area contributed by atoms with Crippen molar-refractivity contribution in [3.63, 3.8) is 0 Å². The molecule has 0 atom stereocenters. The van der Waals surface area contributed by atoms with Crippen molar-refractivity contribution in [1.29, 1.82) is 0 Å². The van der Waals surface area contributed by atoms with Crippen molar-refractivity contribution in [2.75, 3.05) is 6.61 Å². The van der Waals surface area contributed by atoms with Crippen LogP contribution in [0.1, 0.15) is 16.1 Å². The summed E-state index contributed by atoms with van der Waals surface area (Å²) in [6.07, 6.45) is 6.72. The summed E-state index contributed by atoms with van der Waals surface area (Å²) in [6.45, 7) is 0.189. The molecule has 4 rings (SSSR count). The normalized spacial score (nSPS) is 11.0. The van der Waals surface area contributed by atoms with Gasteiger partial charge in [-0.1, -0.05) is 36.3 Å². The smallest absolute Gasteiger partial charge is 0.307 e. The Bertz CT molecular complexity index is 1280. The minimum Gasteiger partial charge on any atom is -0.480 e. The van der Waals surface area contributed by atoms with E-state index in [9.17, 15) is 4.79 Å². The maximum absolute atomic E-state index is 12.4. The van der Waals surface area contributed by atoms with Crippen molar-refractivity contribution in [2.45, 2.75) is 0 Å². The fraction of sp³-hybridized carbons (Fsp3) is 0.0435. The zero-order valence-corrected chi connectivity index (χ0v) is 16.8. The number of carbonyl (C=O) groups excluding carboxylic acids is 1. The average molecular weight is 447 g/mol. The second-order valence-corrected chi connectivity index (χ2v) is 7.05. The van der Waals surface area contributed by atoms with Gasteiger partial charge in [0.2, 0.25) is 0 Å². The van der Waals surface area contributed by atoms with Crippen LogP contribution in [0.25, 0.3) is 21.7 Å². The van der Waals surface area contributed by atoms with E-state index in [2.05, 4.69) is 32.4 Å². The number of halogens is 1. The summed E-state index contributed by atoms with van der Waals surface area (Å²) >= 11 is 3.42. The van der Waals surface area contributed by atoms with E-state index in [0.29, 0.717) is 11.3 Å². The van der Waals surface area contributed by atoms with Crippen LogP contribution in [0.2, 0.25) is 0 Å². The van der Waals surface area contributed by atoms with E-state index in [0.717, 1.165) is 26.2 Å². The number of benzene rings is 3. The van der Waals surface area contributed by atoms with Gasteiger partial charge in [0.25, 0.3) is 0 Å². The number of terminal acetylenes is 1. The van der Waals surface area contributed by atoms with Crippen molar-refractivity contribution in [2.24, 2.45) is 5.10 Å². The minimum absolute atomic E-state index is 0.189. The molecule has 142 valence electrons. The van der Waals surface area contributed by atoms with Gasteiger partial charge in [-0.15, -0.1) is 6.42 Å². The Labute approximate surface area is 175 Å². The molecule has 5 nitrogen and oxygen atoms in total. The first-order valence-corrected chi connectivity index (χ1v) is 9.55. The van der Waals surface area contributed by atoms with Crippen LogP contribution in [0.5, 0.6) is 5.75 Å². The Morgan fingerprint density at radius 1 is 1.17 bits per heavy atom. The molecule has 0 fully saturated rings. The third-order valence-corrected chi connectivity index (χ3v) is 4.92. The molecule has 0 spiro atoms. The monoisotopic (exact) mass is 446 g/mol. The third-order valence-electron chi connectivity index (χ3n) is 4.30. The topological polar surface area (TPSA) is 63.8 Å². The fourth-order valence-electron chi connectivity index (χ4n) is 2.96. The molecule has 0 unspecified atom stereocenters. The molecule has 0 bridgehead atoms. The first-order chi connectivity index (χ1) is 14.2. The first kappa shape index (κ1) is 18.8. The van der Waals surface area contributed by atoms with Gasteiger partial charge in [-0.3, -0.25) is 4.79 Å². The van der Waals surface area contributed by atoms with E-state index in [1.165, 1.54) is 6.21 Å². The number of carbonyl (C=O) groups is 1. The number of furan rings is 1. The minimum atomic E-state index is -0.422. The Morgan fingerprint density at radius 3 is 2.86 bits per heavy atom. The van der Waals surface area contributed by atoms with Crippen molar-refractivity contribution in [3.05, 3.63) is 76.5 Å². The van der Waals surface area contributed by atoms with E-state index in [1.807, 2.05) is 42.5 Å². The van der Waals surface area contributed by atoms with Crippen LogP contribution in [-0.2, 0) is 0 Å². The molecule has 1 aromatic heterocycles. The zero-order chi connectivity index (χ0) is 20.2. The summed E-state index contributed by atoms with van der Waals surface area (Å²) in [5, 5.41) is 7.02. The number of rotatable bonds is 5. The highest BCUT2D eigenvalue weighted by atomic mass is 79.9. The quantitative estimate of drug-likeness (QED) is 0.262. The Kier molecular flexibility index (Phi) is 5.32. The number of nitrogens with zero attached hydrogens (tertiary/aromatic N) is 1. The van der Waals surface area contributed by atoms with Gasteiger partial charge in [-0.25, -0.2) is 5.43 Å². The van der Waals surface area contributed by atoms with E-state index >= 15 is 0 Å². The number of hydrazone groups is 1. The van der Waals surface area contributed by atoms with Crippen LogP contribution in [0, 0.1) is 12.3 Å². The third kappa shape index (κ3) is 4.00. The first-order valence-electron chi connectivity index (χ1n) is 8.76. The molecular formula is C23H15BrN2O3. The number of ether oxygens (including phenoxy) is 1. The lowest BCUT2D eigenvalue weighted by atomic mass is 10.1. The van der Waals surface area contributed by atoms with Crippen LogP contribution in [0.3, 0.4) is 0 Å². The average Bonchev–Trinajstić information content (AvgIpc) is 3.18. The maximum atomic E-state index is 12.4. The summed E-state index contributed by atoms with van der Waals surface area (Å²) in [5.74, 6) is 2.83. The van der Waals surface area contributed by atoms with Gasteiger partial charge in [0.1, 0.15) is 17.9 Å². The van der Waals surface area contributed by atoms with Gasteiger partial charge in [0.05, 0.1) is 10.7 Å². The summed E-state index contributed by atoms with van der Waals surface area (Å²) in [7, 11) is 0. The van der Waals surface area contributed by atoms with E-state index in [4.69, 9.17) is 15.6 Å². The Hall–Kier alpha value is -3.56. The van der Waals surface area contributed by atoms with Crippen molar-refractivity contribution in [3.8, 4) is 18.1 Å². The predicted octanol–water partition coefficient (Wildman–Crippen LogP) is 5.12. The molecule has 4 aromatic rings. The highest BCUT2D eigenvalue weighted by molar-refractivity contribution is 9.10. The standard InChI is InChI=1S/C23H15BrN2O3/c1-2-11-28-21-9-7-15(12-19(21)24)14-25-26-23(27)22-13-18-17-6-4-3-5-16(17)8-10-20(18)29-22/h1,3-10,12-14H,11H2,(H,26,27). The van der Waals surface area contributed by atoms with Crippen LogP contribution in [0.4, 0.5) is 0 Å². The molecule has 3 aromatic carbocycles. The van der Waals surface area contributed by atoms with Crippen molar-refractivity contribution < 1.29 is 13.9 Å². The number of nitrogens with one attached hydrogen (secondary N) is 1. The lowest BCUT2D eigenvalue weighted by molar-refractivity contribution is 0.0929. The van der Waals surface area contributed by atoms with Gasteiger partial charge in [-0.05, 0) is 62.6 Å². The number of fused-ring (bicyclic) bond motifs is 3. The summed E-state index contributed by atoms with van der Waals surface area (Å²) < 4.78 is 11.8. The van der Waals surface area contributed by atoms with Crippen LogP contribution in [0.15, 0.2) is 74.7 Å². The molecule has 0 aliphatic heterocycles. The summed E-state index contributed by atoms with van der Waals surface area (Å²) in [4.78, 5) is 12.4. The maximum Gasteiger partial charge on any atom is 0.307 e. The van der Waals surface area contributed by atoms with Gasteiger partial charge < -0.3 is 9.15 Å². The molecule has 6 heteroatoms. The molecule has 29 heavy (non-hydrogen) atoms. The number of hydrogen-bond acceptors (Lipinski definition) is 4. The largest absolute Gasteiger partial charge is 0.480 e. The second kappa shape index (κ2) is 8.21.